The predicted octanol–water partition coefficient (Wildman–Crippen LogP) is 4.30. The minimum Gasteiger partial charge on any atom is -0.438 e. The largest absolute Gasteiger partial charge is 0.438 e. The van der Waals surface area contributed by atoms with Gasteiger partial charge in [-0.05, 0) is 28.1 Å². The highest BCUT2D eigenvalue weighted by Crippen LogP contribution is 2.33. The second kappa shape index (κ2) is 5.34. The third-order valence-corrected chi connectivity index (χ3v) is 2.96. The Labute approximate surface area is 116 Å². The molecule has 3 nitrogen and oxygen atoms in total. The van der Waals surface area contributed by atoms with Gasteiger partial charge in [0.15, 0.2) is 0 Å². The van der Waals surface area contributed by atoms with Crippen molar-refractivity contribution in [1.29, 1.82) is 5.26 Å². The summed E-state index contributed by atoms with van der Waals surface area (Å²) >= 11 is 8.83. The van der Waals surface area contributed by atoms with Gasteiger partial charge < -0.3 is 4.74 Å². The van der Waals surface area contributed by atoms with Gasteiger partial charge in [0.2, 0.25) is 5.88 Å². The van der Waals surface area contributed by atoms with E-state index in [1.807, 2.05) is 6.07 Å². The maximum atomic E-state index is 13.3. The quantitative estimate of drug-likeness (QED) is 0.773. The molecule has 0 spiro atoms. The molecule has 1 aromatic heterocycles. The summed E-state index contributed by atoms with van der Waals surface area (Å²) in [4.78, 5) is 3.92. The Morgan fingerprint density at radius 3 is 2.78 bits per heavy atom. The average Bonchev–Trinajstić information content (AvgIpc) is 2.37. The van der Waals surface area contributed by atoms with Crippen LogP contribution in [-0.4, -0.2) is 4.98 Å². The first-order valence-electron chi connectivity index (χ1n) is 4.78. The lowest BCUT2D eigenvalue weighted by molar-refractivity contribution is 0.455. The summed E-state index contributed by atoms with van der Waals surface area (Å²) in [5, 5.41) is 8.63. The smallest absolute Gasteiger partial charge is 0.219 e. The van der Waals surface area contributed by atoms with Gasteiger partial charge in [-0.1, -0.05) is 11.6 Å². The number of hydrogen-bond acceptors (Lipinski definition) is 3. The van der Waals surface area contributed by atoms with Gasteiger partial charge in [0.1, 0.15) is 17.6 Å². The number of halogens is 3. The van der Waals surface area contributed by atoms with Gasteiger partial charge in [0, 0.05) is 18.3 Å². The molecule has 2 rings (SSSR count). The molecule has 0 unspecified atom stereocenters. The third-order valence-electron chi connectivity index (χ3n) is 2.05. The average molecular weight is 328 g/mol. The van der Waals surface area contributed by atoms with Gasteiger partial charge in [0.05, 0.1) is 15.1 Å². The van der Waals surface area contributed by atoms with Crippen molar-refractivity contribution in [2.45, 2.75) is 0 Å². The van der Waals surface area contributed by atoms with Crippen LogP contribution in [0.15, 0.2) is 34.9 Å². The van der Waals surface area contributed by atoms with Crippen molar-refractivity contribution in [3.63, 3.8) is 0 Å². The monoisotopic (exact) mass is 326 g/mol. The summed E-state index contributed by atoms with van der Waals surface area (Å²) in [7, 11) is 0. The molecule has 2 aromatic rings. The lowest BCUT2D eigenvalue weighted by Crippen LogP contribution is -1.90. The number of nitrogens with zero attached hydrogens (tertiary/aromatic N) is 2. The summed E-state index contributed by atoms with van der Waals surface area (Å²) in [5.74, 6) is -0.0611. The van der Waals surface area contributed by atoms with Crippen LogP contribution in [0.1, 0.15) is 5.56 Å². The molecule has 0 aliphatic carbocycles. The van der Waals surface area contributed by atoms with Crippen LogP contribution in [0.25, 0.3) is 0 Å². The second-order valence-corrected chi connectivity index (χ2v) is 4.56. The number of hydrogen-bond donors (Lipinski definition) is 0. The lowest BCUT2D eigenvalue weighted by Gasteiger charge is -2.07. The maximum Gasteiger partial charge on any atom is 0.219 e. The standard InChI is InChI=1S/C12H5BrClFN2O/c13-8-3-9(14)10(15)4-11(8)18-12-2-1-7(5-16)6-17-12/h1-4,6H. The molecule has 0 saturated heterocycles. The van der Waals surface area contributed by atoms with Gasteiger partial charge in [0.25, 0.3) is 0 Å². The van der Waals surface area contributed by atoms with E-state index in [4.69, 9.17) is 21.6 Å². The zero-order valence-electron chi connectivity index (χ0n) is 8.82. The number of benzene rings is 1. The van der Waals surface area contributed by atoms with Crippen LogP contribution in [0.3, 0.4) is 0 Å². The second-order valence-electron chi connectivity index (χ2n) is 3.30. The molecule has 0 amide bonds. The van der Waals surface area contributed by atoms with E-state index in [9.17, 15) is 4.39 Å². The normalized spacial score (nSPS) is 9.89. The molecule has 90 valence electrons. The molecule has 0 N–H and O–H groups in total. The SMILES string of the molecule is N#Cc1ccc(Oc2cc(F)c(Cl)cc2Br)nc1. The van der Waals surface area contributed by atoms with Crippen LogP contribution >= 0.6 is 27.5 Å². The number of aromatic nitrogens is 1. The summed E-state index contributed by atoms with van der Waals surface area (Å²) < 4.78 is 19.2. The molecule has 0 saturated carbocycles. The van der Waals surface area contributed by atoms with Crippen LogP contribution < -0.4 is 4.74 Å². The molecule has 0 atom stereocenters. The molecule has 1 heterocycles. The Bertz CT molecular complexity index is 625. The van der Waals surface area contributed by atoms with Crippen molar-refractivity contribution >= 4 is 27.5 Å². The fourth-order valence-corrected chi connectivity index (χ4v) is 1.92. The Morgan fingerprint density at radius 1 is 1.39 bits per heavy atom. The van der Waals surface area contributed by atoms with Crippen molar-refractivity contribution in [2.75, 3.05) is 0 Å². The molecule has 1 aromatic carbocycles. The molecule has 0 bridgehead atoms. The topological polar surface area (TPSA) is 45.9 Å². The van der Waals surface area contributed by atoms with Crippen LogP contribution in [-0.2, 0) is 0 Å². The molecule has 0 aliphatic heterocycles. The van der Waals surface area contributed by atoms with E-state index in [1.165, 1.54) is 18.3 Å². The fraction of sp³-hybridized carbons (Fsp3) is 0. The van der Waals surface area contributed by atoms with Gasteiger partial charge in [-0.2, -0.15) is 5.26 Å². The van der Waals surface area contributed by atoms with Gasteiger partial charge in [-0.25, -0.2) is 9.37 Å². The summed E-state index contributed by atoms with van der Waals surface area (Å²) in [5.41, 5.74) is 0.420. The molecule has 0 radical (unpaired) electrons. The number of rotatable bonds is 2. The lowest BCUT2D eigenvalue weighted by atomic mass is 10.3. The first-order valence-corrected chi connectivity index (χ1v) is 5.96. The van der Waals surface area contributed by atoms with Crippen molar-refractivity contribution in [1.82, 2.24) is 4.98 Å². The highest BCUT2D eigenvalue weighted by Gasteiger charge is 2.09. The first-order chi connectivity index (χ1) is 8.60. The fourth-order valence-electron chi connectivity index (χ4n) is 1.20. The number of pyridine rings is 1. The van der Waals surface area contributed by atoms with E-state index >= 15 is 0 Å². The Balaban J connectivity index is 2.28. The van der Waals surface area contributed by atoms with Crippen molar-refractivity contribution in [2.24, 2.45) is 0 Å². The van der Waals surface area contributed by atoms with E-state index in [1.54, 1.807) is 6.07 Å². The van der Waals surface area contributed by atoms with Crippen LogP contribution in [0, 0.1) is 17.1 Å². The van der Waals surface area contributed by atoms with Gasteiger partial charge in [-0.15, -0.1) is 0 Å². The van der Waals surface area contributed by atoms with Crippen LogP contribution in [0.2, 0.25) is 5.02 Å². The van der Waals surface area contributed by atoms with Crippen molar-refractivity contribution in [3.8, 4) is 17.7 Å². The van der Waals surface area contributed by atoms with E-state index < -0.39 is 5.82 Å². The van der Waals surface area contributed by atoms with E-state index in [0.717, 1.165) is 6.07 Å². The molecule has 18 heavy (non-hydrogen) atoms. The maximum absolute atomic E-state index is 13.3. The highest BCUT2D eigenvalue weighted by molar-refractivity contribution is 9.10. The Morgan fingerprint density at radius 2 is 2.17 bits per heavy atom. The zero-order valence-corrected chi connectivity index (χ0v) is 11.2. The molecular weight excluding hydrogens is 322 g/mol. The van der Waals surface area contributed by atoms with Crippen LogP contribution in [0.4, 0.5) is 4.39 Å². The van der Waals surface area contributed by atoms with E-state index in [2.05, 4.69) is 20.9 Å². The van der Waals surface area contributed by atoms with Gasteiger partial charge in [-0.3, -0.25) is 0 Å². The zero-order chi connectivity index (χ0) is 13.1. The minimum atomic E-state index is -0.580. The predicted molar refractivity (Wildman–Crippen MR) is 68.1 cm³/mol. The molecule has 0 aliphatic rings. The number of ether oxygens (including phenoxy) is 1. The highest BCUT2D eigenvalue weighted by atomic mass is 79.9. The summed E-state index contributed by atoms with van der Waals surface area (Å²) in [6.07, 6.45) is 1.37. The number of nitriles is 1. The Hall–Kier alpha value is -1.64. The van der Waals surface area contributed by atoms with Gasteiger partial charge >= 0.3 is 0 Å². The van der Waals surface area contributed by atoms with E-state index in [0.29, 0.717) is 10.0 Å². The Kier molecular flexibility index (Phi) is 3.80. The molecule has 6 heteroatoms. The summed E-state index contributed by atoms with van der Waals surface area (Å²) in [6.45, 7) is 0. The molecular formula is C12H5BrClFN2O. The summed E-state index contributed by atoms with van der Waals surface area (Å²) in [6, 6.07) is 7.58. The van der Waals surface area contributed by atoms with Crippen LogP contribution in [0.5, 0.6) is 11.6 Å². The first kappa shape index (κ1) is 12.8. The third kappa shape index (κ3) is 2.78. The minimum absolute atomic E-state index is 0.00186. The van der Waals surface area contributed by atoms with E-state index in [-0.39, 0.29) is 16.7 Å². The van der Waals surface area contributed by atoms with Crippen molar-refractivity contribution < 1.29 is 9.13 Å². The molecule has 0 fully saturated rings. The van der Waals surface area contributed by atoms with Crippen molar-refractivity contribution in [3.05, 3.63) is 51.3 Å².